The van der Waals surface area contributed by atoms with Gasteiger partial charge in [0.25, 0.3) is 0 Å². The molecule has 3 N–H and O–H groups in total. The second kappa shape index (κ2) is 5.61. The maximum atomic E-state index is 13.6. The van der Waals surface area contributed by atoms with E-state index in [1.54, 1.807) is 17.8 Å². The molecule has 0 radical (unpaired) electrons. The lowest BCUT2D eigenvalue weighted by atomic mass is 10.1. The first-order valence-electron chi connectivity index (χ1n) is 6.35. The fourth-order valence-corrected chi connectivity index (χ4v) is 2.04. The molecular weight excluding hydrogens is 257 g/mol. The topological polar surface area (TPSA) is 79.7 Å². The number of benzene rings is 1. The van der Waals surface area contributed by atoms with Crippen LogP contribution in [0, 0.1) is 17.1 Å². The molecule has 0 atom stereocenters. The number of hydrogen-bond acceptors (Lipinski definition) is 4. The van der Waals surface area contributed by atoms with Crippen molar-refractivity contribution in [2.24, 2.45) is 7.05 Å². The molecule has 20 heavy (non-hydrogen) atoms. The van der Waals surface area contributed by atoms with Crippen LogP contribution in [0.15, 0.2) is 18.2 Å². The summed E-state index contributed by atoms with van der Waals surface area (Å²) in [5, 5.41) is 16.3. The Balaban J connectivity index is 2.41. The van der Waals surface area contributed by atoms with Crippen LogP contribution in [0.1, 0.15) is 24.6 Å². The zero-order valence-electron chi connectivity index (χ0n) is 11.4. The molecule has 0 unspecified atom stereocenters. The van der Waals surface area contributed by atoms with E-state index in [2.05, 4.69) is 10.4 Å². The smallest absolute Gasteiger partial charge is 0.152 e. The Hall–Kier alpha value is -2.55. The van der Waals surface area contributed by atoms with E-state index in [9.17, 15) is 4.39 Å². The highest BCUT2D eigenvalue weighted by molar-refractivity contribution is 5.74. The summed E-state index contributed by atoms with van der Waals surface area (Å²) in [6.07, 6.45) is 1.71. The molecule has 1 aromatic heterocycles. The minimum atomic E-state index is -0.563. The van der Waals surface area contributed by atoms with Gasteiger partial charge >= 0.3 is 0 Å². The van der Waals surface area contributed by atoms with Gasteiger partial charge in [-0.05, 0) is 18.6 Å². The molecular formula is C14H16FN5. The molecule has 0 saturated carbocycles. The number of rotatable bonds is 4. The van der Waals surface area contributed by atoms with Crippen LogP contribution in [0.25, 0.3) is 0 Å². The predicted molar refractivity (Wildman–Crippen MR) is 76.0 cm³/mol. The number of hydrogen-bond donors (Lipinski definition) is 2. The summed E-state index contributed by atoms with van der Waals surface area (Å²) in [7, 11) is 1.75. The first kappa shape index (κ1) is 13.9. The van der Waals surface area contributed by atoms with E-state index in [4.69, 9.17) is 11.0 Å². The molecule has 0 bridgehead atoms. The first-order chi connectivity index (χ1) is 9.58. The van der Waals surface area contributed by atoms with Gasteiger partial charge in [0, 0.05) is 7.05 Å². The number of nitrogen functional groups attached to an aromatic ring is 1. The van der Waals surface area contributed by atoms with E-state index in [1.165, 1.54) is 12.1 Å². The lowest BCUT2D eigenvalue weighted by Gasteiger charge is -2.09. The molecule has 2 aromatic rings. The fraction of sp³-hybridized carbons (Fsp3) is 0.286. The molecule has 104 valence electrons. The average molecular weight is 273 g/mol. The molecule has 0 amide bonds. The van der Waals surface area contributed by atoms with Gasteiger partial charge in [-0.3, -0.25) is 4.68 Å². The molecule has 1 heterocycles. The van der Waals surface area contributed by atoms with Crippen molar-refractivity contribution in [1.82, 2.24) is 9.78 Å². The minimum absolute atomic E-state index is 0.0369. The lowest BCUT2D eigenvalue weighted by Crippen LogP contribution is -2.03. The van der Waals surface area contributed by atoms with E-state index < -0.39 is 5.82 Å². The van der Waals surface area contributed by atoms with Gasteiger partial charge in [0.1, 0.15) is 17.4 Å². The molecule has 5 nitrogen and oxygen atoms in total. The highest BCUT2D eigenvalue weighted by atomic mass is 19.1. The molecule has 0 spiro atoms. The van der Waals surface area contributed by atoms with Crippen molar-refractivity contribution < 1.29 is 4.39 Å². The van der Waals surface area contributed by atoms with E-state index in [0.717, 1.165) is 18.5 Å². The van der Waals surface area contributed by atoms with E-state index >= 15 is 0 Å². The third kappa shape index (κ3) is 2.43. The molecule has 0 aliphatic carbocycles. The van der Waals surface area contributed by atoms with Gasteiger partial charge in [-0.15, -0.1) is 0 Å². The Morgan fingerprint density at radius 3 is 2.90 bits per heavy atom. The van der Waals surface area contributed by atoms with Crippen LogP contribution < -0.4 is 11.1 Å². The highest BCUT2D eigenvalue weighted by Gasteiger charge is 2.15. The maximum Gasteiger partial charge on any atom is 0.152 e. The Labute approximate surface area is 116 Å². The van der Waals surface area contributed by atoms with Crippen LogP contribution in [0.2, 0.25) is 0 Å². The highest BCUT2D eigenvalue weighted by Crippen LogP contribution is 2.28. The standard InChI is InChI=1S/C14H16FN5/c1-3-5-12-13(17)14(20(2)19-12)18-11-7-4-6-10(15)9(11)8-16/h4,6-7,18H,3,5,17H2,1-2H3. The normalized spacial score (nSPS) is 10.3. The van der Waals surface area contributed by atoms with Crippen LogP contribution >= 0.6 is 0 Å². The number of aryl methyl sites for hydroxylation is 2. The lowest BCUT2D eigenvalue weighted by molar-refractivity contribution is 0.624. The molecule has 6 heteroatoms. The Morgan fingerprint density at radius 2 is 2.25 bits per heavy atom. The Morgan fingerprint density at radius 1 is 1.50 bits per heavy atom. The summed E-state index contributed by atoms with van der Waals surface area (Å²) >= 11 is 0. The van der Waals surface area contributed by atoms with Crippen molar-refractivity contribution in [1.29, 1.82) is 5.26 Å². The molecule has 0 fully saturated rings. The number of aromatic nitrogens is 2. The second-order valence-corrected chi connectivity index (χ2v) is 4.48. The van der Waals surface area contributed by atoms with Gasteiger partial charge in [-0.25, -0.2) is 4.39 Å². The molecule has 0 saturated heterocycles. The van der Waals surface area contributed by atoms with Crippen LogP contribution in [0.4, 0.5) is 21.6 Å². The summed E-state index contributed by atoms with van der Waals surface area (Å²) in [6.45, 7) is 2.04. The van der Waals surface area contributed by atoms with E-state index in [0.29, 0.717) is 17.2 Å². The minimum Gasteiger partial charge on any atom is -0.394 e. The molecule has 0 aliphatic rings. The van der Waals surface area contributed by atoms with Crippen LogP contribution in [0.5, 0.6) is 0 Å². The summed E-state index contributed by atoms with van der Waals surface area (Å²) in [4.78, 5) is 0. The summed E-state index contributed by atoms with van der Waals surface area (Å²) in [5.41, 5.74) is 7.72. The van der Waals surface area contributed by atoms with Gasteiger partial charge in [0.2, 0.25) is 0 Å². The Bertz CT molecular complexity index is 669. The van der Waals surface area contributed by atoms with Gasteiger partial charge in [0.15, 0.2) is 5.82 Å². The number of anilines is 3. The summed E-state index contributed by atoms with van der Waals surface area (Å²) in [6, 6.07) is 6.27. The largest absolute Gasteiger partial charge is 0.394 e. The van der Waals surface area contributed by atoms with Gasteiger partial charge in [0.05, 0.1) is 17.1 Å². The zero-order valence-corrected chi connectivity index (χ0v) is 11.4. The van der Waals surface area contributed by atoms with Crippen molar-refractivity contribution in [3.8, 4) is 6.07 Å². The zero-order chi connectivity index (χ0) is 14.7. The van der Waals surface area contributed by atoms with Gasteiger partial charge in [-0.1, -0.05) is 19.4 Å². The second-order valence-electron chi connectivity index (χ2n) is 4.48. The molecule has 0 aliphatic heterocycles. The van der Waals surface area contributed by atoms with E-state index in [1.807, 2.05) is 13.0 Å². The maximum absolute atomic E-state index is 13.6. The SMILES string of the molecule is CCCc1nn(C)c(Nc2cccc(F)c2C#N)c1N. The number of nitrogens with one attached hydrogen (secondary N) is 1. The van der Waals surface area contributed by atoms with Crippen molar-refractivity contribution in [3.63, 3.8) is 0 Å². The van der Waals surface area contributed by atoms with Crippen LogP contribution in [-0.4, -0.2) is 9.78 Å². The first-order valence-corrected chi connectivity index (χ1v) is 6.35. The number of nitriles is 1. The van der Waals surface area contributed by atoms with Crippen molar-refractivity contribution in [2.75, 3.05) is 11.1 Å². The number of halogens is 1. The molecule has 1 aromatic carbocycles. The Kier molecular flexibility index (Phi) is 3.89. The summed E-state index contributed by atoms with van der Waals surface area (Å²) in [5.74, 6) is 0.00238. The third-order valence-electron chi connectivity index (χ3n) is 3.03. The summed E-state index contributed by atoms with van der Waals surface area (Å²) < 4.78 is 15.2. The molecule has 2 rings (SSSR count). The average Bonchev–Trinajstić information content (AvgIpc) is 2.67. The van der Waals surface area contributed by atoms with Gasteiger partial charge in [-0.2, -0.15) is 10.4 Å². The monoisotopic (exact) mass is 273 g/mol. The fourth-order valence-electron chi connectivity index (χ4n) is 2.04. The van der Waals surface area contributed by atoms with Gasteiger partial charge < -0.3 is 11.1 Å². The number of nitrogens with zero attached hydrogens (tertiary/aromatic N) is 3. The van der Waals surface area contributed by atoms with Crippen molar-refractivity contribution >= 4 is 17.2 Å². The number of nitrogens with two attached hydrogens (primary N) is 1. The van der Waals surface area contributed by atoms with Crippen LogP contribution in [-0.2, 0) is 13.5 Å². The predicted octanol–water partition coefficient (Wildman–Crippen LogP) is 2.71. The van der Waals surface area contributed by atoms with Crippen molar-refractivity contribution in [3.05, 3.63) is 35.3 Å². The third-order valence-corrected chi connectivity index (χ3v) is 3.03. The van der Waals surface area contributed by atoms with E-state index in [-0.39, 0.29) is 5.56 Å². The van der Waals surface area contributed by atoms with Crippen LogP contribution in [0.3, 0.4) is 0 Å². The van der Waals surface area contributed by atoms with Crippen molar-refractivity contribution in [2.45, 2.75) is 19.8 Å². The quantitative estimate of drug-likeness (QED) is 0.897.